The monoisotopic (exact) mass is 885 g/mol. The molecule has 0 spiro atoms. The average Bonchev–Trinajstić information content (AvgIpc) is 3.28. The van der Waals surface area contributed by atoms with Crippen LogP contribution in [-0.2, 0) is 28.6 Å². The van der Waals surface area contributed by atoms with E-state index in [4.69, 9.17) is 14.2 Å². The first-order valence-electron chi connectivity index (χ1n) is 27.5. The Kier molecular flexibility index (Phi) is 50.3. The molecule has 63 heavy (non-hydrogen) atoms. The maximum absolute atomic E-state index is 12.8. The summed E-state index contributed by atoms with van der Waals surface area (Å²) >= 11 is 0. The number of esters is 3. The lowest BCUT2D eigenvalue weighted by atomic mass is 10.0. The smallest absolute Gasteiger partial charge is 0.306 e. The number of allylic oxidation sites excluding steroid dienone is 6. The molecule has 368 valence electrons. The summed E-state index contributed by atoms with van der Waals surface area (Å²) in [6.45, 7) is 6.60. The molecule has 0 aromatic heterocycles. The standard InChI is InChI=1S/C57H104O6/c1-4-7-10-13-16-19-22-24-26-27-28-29-31-32-35-38-41-44-47-50-56(59)62-53-54(52-61-55(58)49-46-43-40-37-34-21-18-15-12-9-6-3)63-57(60)51-48-45-42-39-36-33-30-25-23-20-17-14-11-8-5-2/h15-16,18-19,24,26,54H,4-14,17,20-23,25,27-53H2,1-3H3/b18-15-,19-16-,26-24-/t54-/m0/s1. The minimum absolute atomic E-state index is 0.0738. The van der Waals surface area contributed by atoms with Crippen molar-refractivity contribution in [3.63, 3.8) is 0 Å². The van der Waals surface area contributed by atoms with Gasteiger partial charge in [0.25, 0.3) is 0 Å². The Morgan fingerprint density at radius 3 is 0.968 bits per heavy atom. The molecular formula is C57H104O6. The van der Waals surface area contributed by atoms with Crippen LogP contribution in [0, 0.1) is 0 Å². The average molecular weight is 885 g/mol. The second-order valence-electron chi connectivity index (χ2n) is 18.5. The Morgan fingerprint density at radius 1 is 0.317 bits per heavy atom. The molecule has 0 fully saturated rings. The van der Waals surface area contributed by atoms with Crippen molar-refractivity contribution in [1.29, 1.82) is 0 Å². The van der Waals surface area contributed by atoms with Gasteiger partial charge in [-0.3, -0.25) is 14.4 Å². The van der Waals surface area contributed by atoms with Crippen molar-refractivity contribution in [2.24, 2.45) is 0 Å². The minimum atomic E-state index is -0.773. The van der Waals surface area contributed by atoms with Crippen LogP contribution in [0.5, 0.6) is 0 Å². The van der Waals surface area contributed by atoms with E-state index in [0.29, 0.717) is 19.3 Å². The molecule has 0 rings (SSSR count). The first-order valence-corrected chi connectivity index (χ1v) is 27.5. The molecule has 0 saturated carbocycles. The van der Waals surface area contributed by atoms with E-state index in [1.54, 1.807) is 0 Å². The van der Waals surface area contributed by atoms with E-state index in [9.17, 15) is 14.4 Å². The highest BCUT2D eigenvalue weighted by atomic mass is 16.6. The first-order chi connectivity index (χ1) is 31.0. The fourth-order valence-electron chi connectivity index (χ4n) is 7.93. The van der Waals surface area contributed by atoms with Gasteiger partial charge in [0.2, 0.25) is 0 Å². The maximum Gasteiger partial charge on any atom is 0.306 e. The Bertz CT molecular complexity index is 1060. The minimum Gasteiger partial charge on any atom is -0.462 e. The number of carbonyl (C=O) groups is 3. The fourth-order valence-corrected chi connectivity index (χ4v) is 7.93. The molecule has 6 heteroatoms. The predicted octanol–water partition coefficient (Wildman–Crippen LogP) is 18.1. The first kappa shape index (κ1) is 60.6. The van der Waals surface area contributed by atoms with Gasteiger partial charge in [-0.15, -0.1) is 0 Å². The van der Waals surface area contributed by atoms with Crippen LogP contribution in [0.3, 0.4) is 0 Å². The van der Waals surface area contributed by atoms with Gasteiger partial charge in [0.05, 0.1) is 0 Å². The topological polar surface area (TPSA) is 78.9 Å². The van der Waals surface area contributed by atoms with E-state index >= 15 is 0 Å². The molecular weight excluding hydrogens is 781 g/mol. The molecule has 0 heterocycles. The second kappa shape index (κ2) is 52.3. The van der Waals surface area contributed by atoms with Gasteiger partial charge < -0.3 is 14.2 Å². The molecule has 0 amide bonds. The van der Waals surface area contributed by atoms with Crippen molar-refractivity contribution >= 4 is 17.9 Å². The van der Waals surface area contributed by atoms with Gasteiger partial charge in [0.1, 0.15) is 13.2 Å². The van der Waals surface area contributed by atoms with E-state index in [0.717, 1.165) is 70.6 Å². The SMILES string of the molecule is CCCC/C=C\CCCCCCCC(=O)OC[C@@H](COC(=O)CCCCCCCCCCC/C=C\C/C=C\CCCCC)OC(=O)CCCCCCCCCCCCCCCCC. The lowest BCUT2D eigenvalue weighted by Crippen LogP contribution is -2.30. The Balaban J connectivity index is 4.31. The molecule has 0 aliphatic heterocycles. The molecule has 0 bridgehead atoms. The lowest BCUT2D eigenvalue weighted by Gasteiger charge is -2.18. The zero-order valence-corrected chi connectivity index (χ0v) is 42.1. The van der Waals surface area contributed by atoms with Gasteiger partial charge in [0, 0.05) is 19.3 Å². The van der Waals surface area contributed by atoms with Gasteiger partial charge in [-0.1, -0.05) is 237 Å². The summed E-state index contributed by atoms with van der Waals surface area (Å²) < 4.78 is 16.8. The van der Waals surface area contributed by atoms with E-state index < -0.39 is 6.10 Å². The van der Waals surface area contributed by atoms with Crippen LogP contribution in [-0.4, -0.2) is 37.2 Å². The quantitative estimate of drug-likeness (QED) is 0.0262. The van der Waals surface area contributed by atoms with Crippen LogP contribution in [0.15, 0.2) is 36.5 Å². The largest absolute Gasteiger partial charge is 0.462 e. The summed E-state index contributed by atoms with van der Waals surface area (Å²) in [5.74, 6) is -0.874. The van der Waals surface area contributed by atoms with Gasteiger partial charge >= 0.3 is 17.9 Å². The van der Waals surface area contributed by atoms with Crippen molar-refractivity contribution in [3.8, 4) is 0 Å². The van der Waals surface area contributed by atoms with Crippen molar-refractivity contribution in [2.45, 2.75) is 297 Å². The Labute approximate surface area is 391 Å². The highest BCUT2D eigenvalue weighted by molar-refractivity contribution is 5.71. The summed E-state index contributed by atoms with van der Waals surface area (Å²) in [5, 5.41) is 0. The number of unbranched alkanes of at least 4 members (excludes halogenated alkanes) is 33. The normalized spacial score (nSPS) is 12.2. The van der Waals surface area contributed by atoms with Crippen LogP contribution in [0.25, 0.3) is 0 Å². The van der Waals surface area contributed by atoms with Crippen LogP contribution < -0.4 is 0 Å². The summed E-state index contributed by atoms with van der Waals surface area (Å²) in [7, 11) is 0. The van der Waals surface area contributed by atoms with Crippen LogP contribution in [0.4, 0.5) is 0 Å². The van der Waals surface area contributed by atoms with E-state index in [1.165, 1.54) is 180 Å². The predicted molar refractivity (Wildman–Crippen MR) is 270 cm³/mol. The van der Waals surface area contributed by atoms with E-state index in [1.807, 2.05) is 0 Å². The molecule has 0 N–H and O–H groups in total. The third-order valence-electron chi connectivity index (χ3n) is 12.1. The second-order valence-corrected chi connectivity index (χ2v) is 18.5. The zero-order chi connectivity index (χ0) is 45.8. The molecule has 0 aliphatic rings. The summed E-state index contributed by atoms with van der Waals surface area (Å²) in [5.41, 5.74) is 0. The van der Waals surface area contributed by atoms with E-state index in [-0.39, 0.29) is 31.1 Å². The maximum atomic E-state index is 12.8. The Hall–Kier alpha value is -2.37. The number of hydrogen-bond acceptors (Lipinski definition) is 6. The number of ether oxygens (including phenoxy) is 3. The van der Waals surface area contributed by atoms with Crippen LogP contribution in [0.1, 0.15) is 290 Å². The molecule has 1 atom stereocenters. The highest BCUT2D eigenvalue weighted by Gasteiger charge is 2.19. The van der Waals surface area contributed by atoms with Gasteiger partial charge in [-0.2, -0.15) is 0 Å². The molecule has 0 saturated heterocycles. The summed E-state index contributed by atoms with van der Waals surface area (Å²) in [6.07, 6.45) is 61.3. The third kappa shape index (κ3) is 50.5. The summed E-state index contributed by atoms with van der Waals surface area (Å²) in [4.78, 5) is 38.0. The molecule has 0 radical (unpaired) electrons. The third-order valence-corrected chi connectivity index (χ3v) is 12.1. The molecule has 0 unspecified atom stereocenters. The molecule has 0 aliphatic carbocycles. The number of rotatable bonds is 50. The van der Waals surface area contributed by atoms with Crippen molar-refractivity contribution in [3.05, 3.63) is 36.5 Å². The molecule has 6 nitrogen and oxygen atoms in total. The number of carbonyl (C=O) groups excluding carboxylic acids is 3. The lowest BCUT2D eigenvalue weighted by molar-refractivity contribution is -0.167. The number of hydrogen-bond donors (Lipinski definition) is 0. The highest BCUT2D eigenvalue weighted by Crippen LogP contribution is 2.16. The van der Waals surface area contributed by atoms with E-state index in [2.05, 4.69) is 57.2 Å². The molecule has 0 aromatic carbocycles. The summed E-state index contributed by atoms with van der Waals surface area (Å²) in [6, 6.07) is 0. The zero-order valence-electron chi connectivity index (χ0n) is 42.1. The Morgan fingerprint density at radius 2 is 0.587 bits per heavy atom. The van der Waals surface area contributed by atoms with Crippen LogP contribution >= 0.6 is 0 Å². The van der Waals surface area contributed by atoms with Crippen LogP contribution in [0.2, 0.25) is 0 Å². The van der Waals surface area contributed by atoms with Crippen molar-refractivity contribution in [2.75, 3.05) is 13.2 Å². The van der Waals surface area contributed by atoms with Gasteiger partial charge in [-0.05, 0) is 70.6 Å². The van der Waals surface area contributed by atoms with Gasteiger partial charge in [-0.25, -0.2) is 0 Å². The van der Waals surface area contributed by atoms with Gasteiger partial charge in [0.15, 0.2) is 6.10 Å². The molecule has 0 aromatic rings. The van der Waals surface area contributed by atoms with Crippen molar-refractivity contribution in [1.82, 2.24) is 0 Å². The fraction of sp³-hybridized carbons (Fsp3) is 0.842. The van der Waals surface area contributed by atoms with Crippen molar-refractivity contribution < 1.29 is 28.6 Å².